The Labute approximate surface area is 127 Å². The van der Waals surface area contributed by atoms with E-state index in [2.05, 4.69) is 0 Å². The van der Waals surface area contributed by atoms with Crippen LogP contribution < -0.4 is 5.73 Å². The zero-order chi connectivity index (χ0) is 15.3. The number of rotatable bonds is 6. The summed E-state index contributed by atoms with van der Waals surface area (Å²) < 4.78 is 0. The van der Waals surface area contributed by atoms with Crippen molar-refractivity contribution in [3.8, 4) is 0 Å². The Morgan fingerprint density at radius 1 is 0.952 bits per heavy atom. The summed E-state index contributed by atoms with van der Waals surface area (Å²) in [7, 11) is 0. The highest BCUT2D eigenvalue weighted by atomic mass is 16.1. The van der Waals surface area contributed by atoms with Gasteiger partial charge < -0.3 is 5.73 Å². The van der Waals surface area contributed by atoms with E-state index in [9.17, 15) is 4.79 Å². The molecule has 109 valence electrons. The highest BCUT2D eigenvalue weighted by Gasteiger charge is 2.39. The lowest BCUT2D eigenvalue weighted by Crippen LogP contribution is -2.44. The molecule has 1 amide bonds. The van der Waals surface area contributed by atoms with Crippen molar-refractivity contribution in [3.63, 3.8) is 0 Å². The third-order valence-corrected chi connectivity index (χ3v) is 3.80. The third-order valence-electron chi connectivity index (χ3n) is 3.80. The van der Waals surface area contributed by atoms with Gasteiger partial charge in [0.1, 0.15) is 0 Å². The van der Waals surface area contributed by atoms with Gasteiger partial charge in [0.15, 0.2) is 0 Å². The van der Waals surface area contributed by atoms with Gasteiger partial charge in [-0.1, -0.05) is 74.5 Å². The van der Waals surface area contributed by atoms with Gasteiger partial charge in [-0.3, -0.25) is 4.79 Å². The number of hydrogen-bond donors (Lipinski definition) is 1. The zero-order valence-corrected chi connectivity index (χ0v) is 12.7. The predicted octanol–water partition coefficient (Wildman–Crippen LogP) is 3.66. The van der Waals surface area contributed by atoms with Crippen LogP contribution in [0, 0.1) is 5.92 Å². The molecule has 21 heavy (non-hydrogen) atoms. The monoisotopic (exact) mass is 280 g/mol. The number of primary amides is 1. The van der Waals surface area contributed by atoms with Crippen molar-refractivity contribution in [2.75, 3.05) is 0 Å². The van der Waals surface area contributed by atoms with Gasteiger partial charge in [-0.2, -0.15) is 0 Å². The Hall–Kier alpha value is -2.09. The molecular weight excluding hydrogens is 258 g/mol. The van der Waals surface area contributed by atoms with E-state index in [1.807, 2.05) is 74.5 Å². The van der Waals surface area contributed by atoms with Crippen molar-refractivity contribution in [1.82, 2.24) is 0 Å². The third kappa shape index (κ3) is 3.52. The smallest absolute Gasteiger partial charge is 0.228 e. The molecule has 0 aromatic heterocycles. The quantitative estimate of drug-likeness (QED) is 0.862. The Balaban J connectivity index is 2.48. The number of nitrogens with two attached hydrogens (primary N) is 1. The van der Waals surface area contributed by atoms with Gasteiger partial charge in [0.25, 0.3) is 0 Å². The topological polar surface area (TPSA) is 43.1 Å². The lowest BCUT2D eigenvalue weighted by Gasteiger charge is -2.33. The average Bonchev–Trinajstić information content (AvgIpc) is 2.48. The van der Waals surface area contributed by atoms with Gasteiger partial charge in [-0.25, -0.2) is 0 Å². The molecule has 2 nitrogen and oxygen atoms in total. The molecule has 0 aliphatic rings. The van der Waals surface area contributed by atoms with Gasteiger partial charge in [-0.05, 0) is 29.9 Å². The minimum Gasteiger partial charge on any atom is -0.369 e. The molecule has 2 aromatic carbocycles. The fraction of sp³-hybridized carbons (Fsp3) is 0.263. The second-order valence-corrected chi connectivity index (χ2v) is 5.86. The minimum atomic E-state index is -0.679. The number of benzene rings is 2. The van der Waals surface area contributed by atoms with E-state index < -0.39 is 5.41 Å². The predicted molar refractivity (Wildman–Crippen MR) is 86.7 cm³/mol. The van der Waals surface area contributed by atoms with Crippen LogP contribution in [0.15, 0.2) is 60.7 Å². The van der Waals surface area contributed by atoms with E-state index in [1.165, 1.54) is 5.92 Å². The molecular formula is C19H22NO. The molecule has 0 fully saturated rings. The van der Waals surface area contributed by atoms with Gasteiger partial charge >= 0.3 is 0 Å². The first kappa shape index (κ1) is 15.3. The van der Waals surface area contributed by atoms with Crippen molar-refractivity contribution in [2.45, 2.75) is 32.1 Å². The Bertz CT molecular complexity index is 577. The van der Waals surface area contributed by atoms with Crippen molar-refractivity contribution in [3.05, 3.63) is 77.7 Å². The summed E-state index contributed by atoms with van der Waals surface area (Å²) in [6, 6.07) is 19.9. The first-order chi connectivity index (χ1) is 10.0. The van der Waals surface area contributed by atoms with Crippen LogP contribution in [0.1, 0.15) is 31.4 Å². The zero-order valence-electron chi connectivity index (χ0n) is 12.7. The second kappa shape index (κ2) is 6.57. The van der Waals surface area contributed by atoms with Crippen molar-refractivity contribution in [1.29, 1.82) is 0 Å². The number of hydrogen-bond acceptors (Lipinski definition) is 1. The summed E-state index contributed by atoms with van der Waals surface area (Å²) in [5, 5.41) is 0. The lowest BCUT2D eigenvalue weighted by molar-refractivity contribution is -0.123. The molecule has 0 heterocycles. The van der Waals surface area contributed by atoms with E-state index in [4.69, 9.17) is 5.73 Å². The Morgan fingerprint density at radius 2 is 1.48 bits per heavy atom. The summed E-state index contributed by atoms with van der Waals surface area (Å²) in [6.07, 6.45) is 1.29. The number of carbonyl (C=O) groups is 1. The number of carbonyl (C=O) groups excluding carboxylic acids is 1. The van der Waals surface area contributed by atoms with Crippen molar-refractivity contribution >= 4 is 5.91 Å². The first-order valence-electron chi connectivity index (χ1n) is 7.23. The van der Waals surface area contributed by atoms with E-state index in [1.54, 1.807) is 0 Å². The van der Waals surface area contributed by atoms with Gasteiger partial charge in [0.2, 0.25) is 5.91 Å². The molecule has 0 spiro atoms. The molecule has 1 unspecified atom stereocenters. The maximum atomic E-state index is 12.4. The standard InChI is InChI=1S/C19H22NO/c1-15(2)13-19(18(20)21,17-11-7-4-8-12-17)14-16-9-5-3-6-10-16/h3-12H,13-14H2,1-2H3,(H2,20,21). The molecule has 2 rings (SSSR count). The van der Waals surface area contributed by atoms with Crippen LogP contribution in [0.25, 0.3) is 0 Å². The molecule has 2 N–H and O–H groups in total. The summed E-state index contributed by atoms with van der Waals surface area (Å²) >= 11 is 0. The second-order valence-electron chi connectivity index (χ2n) is 5.86. The van der Waals surface area contributed by atoms with Crippen LogP contribution in [-0.4, -0.2) is 5.91 Å². The highest BCUT2D eigenvalue weighted by Crippen LogP contribution is 2.35. The van der Waals surface area contributed by atoms with Crippen LogP contribution >= 0.6 is 0 Å². The first-order valence-corrected chi connectivity index (χ1v) is 7.23. The molecule has 2 heteroatoms. The maximum Gasteiger partial charge on any atom is 0.228 e. The van der Waals surface area contributed by atoms with Crippen LogP contribution in [0.5, 0.6) is 0 Å². The SMILES string of the molecule is C[C](C)CC(Cc1ccccc1)(C(N)=O)c1ccccc1. The van der Waals surface area contributed by atoms with Gasteiger partial charge in [0.05, 0.1) is 5.41 Å². The molecule has 0 aliphatic carbocycles. The van der Waals surface area contributed by atoms with Gasteiger partial charge in [-0.15, -0.1) is 0 Å². The van der Waals surface area contributed by atoms with Crippen LogP contribution in [0.3, 0.4) is 0 Å². The molecule has 1 radical (unpaired) electrons. The van der Waals surface area contributed by atoms with E-state index in [0.717, 1.165) is 11.1 Å². The maximum absolute atomic E-state index is 12.4. The molecule has 0 saturated heterocycles. The summed E-state index contributed by atoms with van der Waals surface area (Å²) in [5.41, 5.74) is 7.28. The van der Waals surface area contributed by atoms with E-state index in [0.29, 0.717) is 12.8 Å². The molecule has 2 aromatic rings. The molecule has 0 bridgehead atoms. The summed E-state index contributed by atoms with van der Waals surface area (Å²) in [6.45, 7) is 4.09. The van der Waals surface area contributed by atoms with E-state index >= 15 is 0 Å². The Kier molecular flexibility index (Phi) is 4.79. The largest absolute Gasteiger partial charge is 0.369 e. The normalized spacial score (nSPS) is 13.9. The fourth-order valence-electron chi connectivity index (χ4n) is 2.89. The van der Waals surface area contributed by atoms with E-state index in [-0.39, 0.29) is 5.91 Å². The summed E-state index contributed by atoms with van der Waals surface area (Å²) in [4.78, 5) is 12.4. The molecule has 0 saturated carbocycles. The highest BCUT2D eigenvalue weighted by molar-refractivity contribution is 5.87. The van der Waals surface area contributed by atoms with Crippen LogP contribution in [0.2, 0.25) is 0 Å². The van der Waals surface area contributed by atoms with Gasteiger partial charge in [0, 0.05) is 0 Å². The fourth-order valence-corrected chi connectivity index (χ4v) is 2.89. The van der Waals surface area contributed by atoms with Crippen molar-refractivity contribution < 1.29 is 4.79 Å². The van der Waals surface area contributed by atoms with Crippen molar-refractivity contribution in [2.24, 2.45) is 5.73 Å². The van der Waals surface area contributed by atoms with Crippen LogP contribution in [0.4, 0.5) is 0 Å². The molecule has 1 atom stereocenters. The van der Waals surface area contributed by atoms with Crippen LogP contribution in [-0.2, 0) is 16.6 Å². The number of amides is 1. The average molecular weight is 280 g/mol. The lowest BCUT2D eigenvalue weighted by atomic mass is 9.70. The minimum absolute atomic E-state index is 0.265. The summed E-state index contributed by atoms with van der Waals surface area (Å²) in [5.74, 6) is 0.937. The molecule has 0 aliphatic heterocycles. The Morgan fingerprint density at radius 3 is 1.95 bits per heavy atom.